The van der Waals surface area contributed by atoms with Gasteiger partial charge in [-0.25, -0.2) is 8.42 Å². The third-order valence-electron chi connectivity index (χ3n) is 4.76. The van der Waals surface area contributed by atoms with Gasteiger partial charge in [0, 0.05) is 18.7 Å². The van der Waals surface area contributed by atoms with E-state index in [4.69, 9.17) is 0 Å². The predicted molar refractivity (Wildman–Crippen MR) is 108 cm³/mol. The van der Waals surface area contributed by atoms with Gasteiger partial charge in [-0.2, -0.15) is 0 Å². The van der Waals surface area contributed by atoms with Crippen molar-refractivity contribution < 1.29 is 13.2 Å². The quantitative estimate of drug-likeness (QED) is 0.825. The van der Waals surface area contributed by atoms with E-state index in [-0.39, 0.29) is 10.8 Å². The minimum atomic E-state index is -3.71. The van der Waals surface area contributed by atoms with Crippen molar-refractivity contribution >= 4 is 21.6 Å². The number of hydrogen-bond donors (Lipinski definition) is 1. The highest BCUT2D eigenvalue weighted by Crippen LogP contribution is 2.31. The highest BCUT2D eigenvalue weighted by atomic mass is 32.2. The third kappa shape index (κ3) is 4.33. The number of nitrogens with zero attached hydrogens (tertiary/aromatic N) is 1. The van der Waals surface area contributed by atoms with Crippen LogP contribution < -0.4 is 9.62 Å². The van der Waals surface area contributed by atoms with Crippen LogP contribution in [0.1, 0.15) is 42.6 Å². The summed E-state index contributed by atoms with van der Waals surface area (Å²) < 4.78 is 27.9. The fourth-order valence-electron chi connectivity index (χ4n) is 3.25. The van der Waals surface area contributed by atoms with Crippen molar-refractivity contribution in [2.45, 2.75) is 38.0 Å². The fourth-order valence-corrected chi connectivity index (χ4v) is 4.84. The van der Waals surface area contributed by atoms with E-state index >= 15 is 0 Å². The molecule has 3 rings (SSSR count). The van der Waals surface area contributed by atoms with E-state index in [1.807, 2.05) is 24.3 Å². The van der Waals surface area contributed by atoms with Crippen molar-refractivity contribution in [2.75, 3.05) is 17.4 Å². The molecule has 0 spiro atoms. The normalized spacial score (nSPS) is 14.1. The molecule has 144 valence electrons. The Bertz CT molecular complexity index is 923. The Balaban J connectivity index is 1.85. The molecule has 0 saturated heterocycles. The molecule has 0 atom stereocenters. The van der Waals surface area contributed by atoms with E-state index in [1.165, 1.54) is 10.4 Å². The molecule has 1 aliphatic heterocycles. The summed E-state index contributed by atoms with van der Waals surface area (Å²) in [5.74, 6) is 0.253. The van der Waals surface area contributed by atoms with Crippen molar-refractivity contribution in [1.82, 2.24) is 5.32 Å². The van der Waals surface area contributed by atoms with Gasteiger partial charge in [0.15, 0.2) is 0 Å². The maximum Gasteiger partial charge on any atom is 0.264 e. The zero-order valence-corrected chi connectivity index (χ0v) is 16.6. The van der Waals surface area contributed by atoms with E-state index in [2.05, 4.69) is 19.2 Å². The number of sulfonamides is 1. The SMILES string of the molecule is CC(C)CCNC(=O)c1cccc(S(=O)(=O)N2CCCc3ccccc32)c1. The molecule has 0 saturated carbocycles. The Hall–Kier alpha value is -2.34. The molecule has 0 radical (unpaired) electrons. The second-order valence-electron chi connectivity index (χ2n) is 7.28. The van der Waals surface area contributed by atoms with E-state index in [1.54, 1.807) is 18.2 Å². The van der Waals surface area contributed by atoms with Crippen LogP contribution in [0, 0.1) is 5.92 Å². The van der Waals surface area contributed by atoms with Gasteiger partial charge in [0.05, 0.1) is 10.6 Å². The van der Waals surface area contributed by atoms with E-state index in [0.29, 0.717) is 24.6 Å². The second-order valence-corrected chi connectivity index (χ2v) is 9.14. The number of benzene rings is 2. The maximum absolute atomic E-state index is 13.2. The van der Waals surface area contributed by atoms with Crippen LogP contribution in [0.5, 0.6) is 0 Å². The molecule has 1 amide bonds. The van der Waals surface area contributed by atoms with Crippen LogP contribution in [-0.4, -0.2) is 27.4 Å². The first-order chi connectivity index (χ1) is 12.9. The number of hydrogen-bond acceptors (Lipinski definition) is 3. The van der Waals surface area contributed by atoms with Gasteiger partial charge in [-0.1, -0.05) is 38.1 Å². The Morgan fingerprint density at radius 1 is 1.15 bits per heavy atom. The van der Waals surface area contributed by atoms with Crippen molar-refractivity contribution in [1.29, 1.82) is 0 Å². The van der Waals surface area contributed by atoms with Crippen molar-refractivity contribution in [2.24, 2.45) is 5.92 Å². The van der Waals surface area contributed by atoms with Gasteiger partial charge in [0.2, 0.25) is 0 Å². The summed E-state index contributed by atoms with van der Waals surface area (Å²) in [6.07, 6.45) is 2.54. The molecular formula is C21H26N2O3S. The number of carbonyl (C=O) groups excluding carboxylic acids is 1. The van der Waals surface area contributed by atoms with Gasteiger partial charge in [-0.15, -0.1) is 0 Å². The molecule has 5 nitrogen and oxygen atoms in total. The molecule has 0 bridgehead atoms. The summed E-state index contributed by atoms with van der Waals surface area (Å²) >= 11 is 0. The predicted octanol–water partition coefficient (Wildman–Crippen LogP) is 3.60. The van der Waals surface area contributed by atoms with E-state index in [9.17, 15) is 13.2 Å². The van der Waals surface area contributed by atoms with Crippen LogP contribution in [0.15, 0.2) is 53.4 Å². The molecule has 0 aliphatic carbocycles. The molecule has 1 N–H and O–H groups in total. The Morgan fingerprint density at radius 3 is 2.70 bits per heavy atom. The summed E-state index contributed by atoms with van der Waals surface area (Å²) in [5, 5.41) is 2.86. The van der Waals surface area contributed by atoms with Crippen LogP contribution in [0.3, 0.4) is 0 Å². The summed E-state index contributed by atoms with van der Waals surface area (Å²) in [5.41, 5.74) is 2.13. The first-order valence-corrected chi connectivity index (χ1v) is 10.8. The molecule has 6 heteroatoms. The first-order valence-electron chi connectivity index (χ1n) is 9.38. The Morgan fingerprint density at radius 2 is 1.93 bits per heavy atom. The van der Waals surface area contributed by atoms with Crippen LogP contribution in [0.2, 0.25) is 0 Å². The second kappa shape index (κ2) is 8.13. The van der Waals surface area contributed by atoms with Crippen molar-refractivity contribution in [3.8, 4) is 0 Å². The average molecular weight is 387 g/mol. The van der Waals surface area contributed by atoms with Crippen LogP contribution >= 0.6 is 0 Å². The van der Waals surface area contributed by atoms with Gasteiger partial charge in [0.25, 0.3) is 15.9 Å². The third-order valence-corrected chi connectivity index (χ3v) is 6.57. The van der Waals surface area contributed by atoms with Gasteiger partial charge in [-0.3, -0.25) is 9.10 Å². The number of aryl methyl sites for hydroxylation is 1. The molecule has 1 aliphatic rings. The van der Waals surface area contributed by atoms with Crippen LogP contribution in [-0.2, 0) is 16.4 Å². The number of rotatable bonds is 6. The van der Waals surface area contributed by atoms with Crippen molar-refractivity contribution in [3.63, 3.8) is 0 Å². The Labute approximate surface area is 161 Å². The molecule has 27 heavy (non-hydrogen) atoms. The van der Waals surface area contributed by atoms with Crippen LogP contribution in [0.4, 0.5) is 5.69 Å². The largest absolute Gasteiger partial charge is 0.352 e. The molecule has 1 heterocycles. The minimum absolute atomic E-state index is 0.149. The lowest BCUT2D eigenvalue weighted by Crippen LogP contribution is -2.35. The number of amides is 1. The maximum atomic E-state index is 13.2. The van der Waals surface area contributed by atoms with E-state index in [0.717, 1.165) is 30.5 Å². The number of para-hydroxylation sites is 1. The smallest absolute Gasteiger partial charge is 0.264 e. The van der Waals surface area contributed by atoms with Gasteiger partial charge in [-0.05, 0) is 55.0 Å². The van der Waals surface area contributed by atoms with Gasteiger partial charge >= 0.3 is 0 Å². The van der Waals surface area contributed by atoms with Crippen LogP contribution in [0.25, 0.3) is 0 Å². The number of carbonyl (C=O) groups is 1. The fraction of sp³-hybridized carbons (Fsp3) is 0.381. The molecule has 0 aromatic heterocycles. The first kappa shape index (κ1) is 19.4. The lowest BCUT2D eigenvalue weighted by molar-refractivity contribution is 0.0952. The topological polar surface area (TPSA) is 66.5 Å². The standard InChI is InChI=1S/C21H26N2O3S/c1-16(2)12-13-22-21(24)18-8-5-10-19(15-18)27(25,26)23-14-6-9-17-7-3-4-11-20(17)23/h3-5,7-8,10-11,15-16H,6,9,12-14H2,1-2H3,(H,22,24). The lowest BCUT2D eigenvalue weighted by Gasteiger charge is -2.30. The minimum Gasteiger partial charge on any atom is -0.352 e. The number of anilines is 1. The molecule has 0 fully saturated rings. The zero-order valence-electron chi connectivity index (χ0n) is 15.8. The molecular weight excluding hydrogens is 360 g/mol. The molecule has 0 unspecified atom stereocenters. The molecule has 2 aromatic carbocycles. The number of fused-ring (bicyclic) bond motifs is 1. The zero-order chi connectivity index (χ0) is 19.4. The van der Waals surface area contributed by atoms with E-state index < -0.39 is 10.0 Å². The average Bonchev–Trinajstić information content (AvgIpc) is 2.67. The summed E-state index contributed by atoms with van der Waals surface area (Å²) in [6, 6.07) is 13.9. The monoisotopic (exact) mass is 386 g/mol. The lowest BCUT2D eigenvalue weighted by atomic mass is 10.0. The molecule has 2 aromatic rings. The summed E-state index contributed by atoms with van der Waals surface area (Å²) in [4.78, 5) is 12.5. The highest BCUT2D eigenvalue weighted by Gasteiger charge is 2.29. The van der Waals surface area contributed by atoms with Crippen molar-refractivity contribution in [3.05, 3.63) is 59.7 Å². The Kier molecular flexibility index (Phi) is 5.85. The van der Waals surface area contributed by atoms with Gasteiger partial charge < -0.3 is 5.32 Å². The summed E-state index contributed by atoms with van der Waals surface area (Å²) in [6.45, 7) is 5.21. The highest BCUT2D eigenvalue weighted by molar-refractivity contribution is 7.92. The van der Waals surface area contributed by atoms with Gasteiger partial charge in [0.1, 0.15) is 0 Å². The summed E-state index contributed by atoms with van der Waals surface area (Å²) in [7, 11) is -3.71. The number of nitrogens with one attached hydrogen (secondary N) is 1.